The monoisotopic (exact) mass is 287 g/mol. The smallest absolute Gasteiger partial charge is 0.314 e. The molecule has 112 valence electrons. The molecule has 2 aromatic rings. The molecular weight excluding hydrogens is 266 g/mol. The summed E-state index contributed by atoms with van der Waals surface area (Å²) in [6.07, 6.45) is 3.64. The van der Waals surface area contributed by atoms with Crippen LogP contribution in [0.2, 0.25) is 0 Å². The third kappa shape index (κ3) is 3.01. The lowest BCUT2D eigenvalue weighted by Gasteiger charge is -2.32. The topological polar surface area (TPSA) is 77.8 Å². The van der Waals surface area contributed by atoms with Crippen LogP contribution in [0.4, 0.5) is 5.69 Å². The van der Waals surface area contributed by atoms with E-state index in [2.05, 4.69) is 29.1 Å². The summed E-state index contributed by atoms with van der Waals surface area (Å²) in [5, 5.41) is 3.55. The molecule has 0 radical (unpaired) electrons. The van der Waals surface area contributed by atoms with Crippen LogP contribution in [0.15, 0.2) is 27.8 Å². The second-order valence-electron chi connectivity index (χ2n) is 6.43. The number of nitrogens with one attached hydrogen (secondary N) is 3. The summed E-state index contributed by atoms with van der Waals surface area (Å²) in [6.45, 7) is 4.60. The molecule has 5 heteroatoms. The van der Waals surface area contributed by atoms with E-state index >= 15 is 0 Å². The number of benzene rings is 1. The first-order chi connectivity index (χ1) is 10.0. The van der Waals surface area contributed by atoms with Crippen molar-refractivity contribution in [3.8, 4) is 0 Å². The van der Waals surface area contributed by atoms with Gasteiger partial charge in [0.25, 0.3) is 0 Å². The Kier molecular flexibility index (Phi) is 3.57. The van der Waals surface area contributed by atoms with Gasteiger partial charge in [0, 0.05) is 11.7 Å². The zero-order valence-corrected chi connectivity index (χ0v) is 12.4. The molecular formula is C16H21N3O2. The molecule has 1 saturated carbocycles. The van der Waals surface area contributed by atoms with Gasteiger partial charge in [-0.05, 0) is 49.3 Å². The Morgan fingerprint density at radius 2 is 1.57 bits per heavy atom. The summed E-state index contributed by atoms with van der Waals surface area (Å²) >= 11 is 0. The average molecular weight is 287 g/mol. The molecule has 3 N–H and O–H groups in total. The highest BCUT2D eigenvalue weighted by Crippen LogP contribution is 2.30. The summed E-state index contributed by atoms with van der Waals surface area (Å²) in [5.74, 6) is 1.48. The normalized spacial score (nSPS) is 25.9. The lowest BCUT2D eigenvalue weighted by atomic mass is 9.80. The Morgan fingerprint density at radius 1 is 0.952 bits per heavy atom. The minimum atomic E-state index is -0.613. The van der Waals surface area contributed by atoms with Gasteiger partial charge in [0.1, 0.15) is 0 Å². The molecule has 1 fully saturated rings. The Morgan fingerprint density at radius 3 is 2.24 bits per heavy atom. The summed E-state index contributed by atoms with van der Waals surface area (Å²) in [7, 11) is 0. The van der Waals surface area contributed by atoms with E-state index in [0.717, 1.165) is 17.5 Å². The van der Waals surface area contributed by atoms with E-state index in [0.29, 0.717) is 17.1 Å². The molecule has 0 spiro atoms. The molecule has 1 aliphatic rings. The van der Waals surface area contributed by atoms with Crippen LogP contribution in [0.3, 0.4) is 0 Å². The maximum atomic E-state index is 11.4. The van der Waals surface area contributed by atoms with Crippen molar-refractivity contribution < 1.29 is 0 Å². The van der Waals surface area contributed by atoms with E-state index in [1.54, 1.807) is 0 Å². The van der Waals surface area contributed by atoms with Gasteiger partial charge in [0.15, 0.2) is 0 Å². The van der Waals surface area contributed by atoms with E-state index in [1.807, 2.05) is 18.2 Å². The van der Waals surface area contributed by atoms with Crippen molar-refractivity contribution in [2.45, 2.75) is 39.2 Å². The van der Waals surface area contributed by atoms with Crippen LogP contribution >= 0.6 is 0 Å². The van der Waals surface area contributed by atoms with E-state index in [1.165, 1.54) is 19.3 Å². The highest BCUT2D eigenvalue weighted by molar-refractivity contribution is 5.78. The average Bonchev–Trinajstić information content (AvgIpc) is 2.39. The third-order valence-electron chi connectivity index (χ3n) is 4.27. The van der Waals surface area contributed by atoms with Crippen LogP contribution in [-0.4, -0.2) is 16.0 Å². The zero-order chi connectivity index (χ0) is 15.0. The predicted molar refractivity (Wildman–Crippen MR) is 84.8 cm³/mol. The number of H-pyrrole nitrogens is 2. The van der Waals surface area contributed by atoms with Gasteiger partial charge in [0.2, 0.25) is 0 Å². The Balaban J connectivity index is 1.86. The number of hydrogen-bond acceptors (Lipinski definition) is 3. The number of fused-ring (bicyclic) bond motifs is 1. The fourth-order valence-electron chi connectivity index (χ4n) is 3.51. The zero-order valence-electron chi connectivity index (χ0n) is 12.4. The van der Waals surface area contributed by atoms with Gasteiger partial charge in [0.05, 0.1) is 11.0 Å². The van der Waals surface area contributed by atoms with Crippen molar-refractivity contribution in [2.75, 3.05) is 5.32 Å². The van der Waals surface area contributed by atoms with Gasteiger partial charge < -0.3 is 15.3 Å². The van der Waals surface area contributed by atoms with Gasteiger partial charge in [-0.25, -0.2) is 0 Å². The second-order valence-corrected chi connectivity index (χ2v) is 6.43. The summed E-state index contributed by atoms with van der Waals surface area (Å²) < 4.78 is 0. The molecule has 5 nitrogen and oxygen atoms in total. The van der Waals surface area contributed by atoms with Crippen LogP contribution in [-0.2, 0) is 0 Å². The maximum Gasteiger partial charge on any atom is 0.314 e. The highest BCUT2D eigenvalue weighted by Gasteiger charge is 2.23. The van der Waals surface area contributed by atoms with Crippen LogP contribution in [0.5, 0.6) is 0 Å². The lowest BCUT2D eigenvalue weighted by Crippen LogP contribution is -2.30. The van der Waals surface area contributed by atoms with Crippen LogP contribution in [0, 0.1) is 11.8 Å². The predicted octanol–water partition coefficient (Wildman–Crippen LogP) is 2.45. The largest absolute Gasteiger partial charge is 0.382 e. The minimum Gasteiger partial charge on any atom is -0.382 e. The maximum absolute atomic E-state index is 11.4. The fourth-order valence-corrected chi connectivity index (χ4v) is 3.51. The lowest BCUT2D eigenvalue weighted by molar-refractivity contribution is 0.281. The summed E-state index contributed by atoms with van der Waals surface area (Å²) in [4.78, 5) is 27.9. The van der Waals surface area contributed by atoms with E-state index < -0.39 is 11.1 Å². The van der Waals surface area contributed by atoms with Gasteiger partial charge in [-0.2, -0.15) is 0 Å². The standard InChI is InChI=1S/C16H21N3O2/c1-9-5-10(2)7-12(6-9)17-11-3-4-13-14(8-11)19-16(21)15(20)18-13/h3-4,8-10,12,17H,5-7H2,1-2H3,(H,18,20)(H,19,21). The van der Waals surface area contributed by atoms with Gasteiger partial charge in [-0.15, -0.1) is 0 Å². The van der Waals surface area contributed by atoms with Crippen molar-refractivity contribution in [3.05, 3.63) is 38.9 Å². The molecule has 0 aliphatic heterocycles. The van der Waals surface area contributed by atoms with Crippen molar-refractivity contribution in [1.82, 2.24) is 9.97 Å². The quantitative estimate of drug-likeness (QED) is 0.742. The van der Waals surface area contributed by atoms with Gasteiger partial charge in [-0.1, -0.05) is 13.8 Å². The van der Waals surface area contributed by atoms with Crippen molar-refractivity contribution >= 4 is 16.7 Å². The SMILES string of the molecule is CC1CC(C)CC(Nc2ccc3[nH]c(=O)c(=O)[nH]c3c2)C1. The molecule has 21 heavy (non-hydrogen) atoms. The van der Waals surface area contributed by atoms with E-state index in [9.17, 15) is 9.59 Å². The van der Waals surface area contributed by atoms with Crippen LogP contribution < -0.4 is 16.4 Å². The number of aromatic amines is 2. The highest BCUT2D eigenvalue weighted by atomic mass is 16.2. The van der Waals surface area contributed by atoms with Crippen molar-refractivity contribution in [1.29, 1.82) is 0 Å². The van der Waals surface area contributed by atoms with Crippen molar-refractivity contribution in [2.24, 2.45) is 11.8 Å². The Bertz CT molecular complexity index is 752. The van der Waals surface area contributed by atoms with Crippen LogP contribution in [0.25, 0.3) is 11.0 Å². The molecule has 2 unspecified atom stereocenters. The summed E-state index contributed by atoms with van der Waals surface area (Å²) in [6, 6.07) is 6.12. The molecule has 1 heterocycles. The molecule has 0 saturated heterocycles. The molecule has 3 rings (SSSR count). The Hall–Kier alpha value is -2.04. The first kappa shape index (κ1) is 13.9. The van der Waals surface area contributed by atoms with E-state index in [4.69, 9.17) is 0 Å². The molecule has 0 bridgehead atoms. The van der Waals surface area contributed by atoms with Gasteiger partial charge in [-0.3, -0.25) is 9.59 Å². The Labute approximate surface area is 122 Å². The molecule has 1 aliphatic carbocycles. The first-order valence-corrected chi connectivity index (χ1v) is 7.54. The van der Waals surface area contributed by atoms with E-state index in [-0.39, 0.29) is 0 Å². The third-order valence-corrected chi connectivity index (χ3v) is 4.27. The molecule has 1 aromatic heterocycles. The second kappa shape index (κ2) is 5.39. The van der Waals surface area contributed by atoms with Crippen molar-refractivity contribution in [3.63, 3.8) is 0 Å². The number of hydrogen-bond donors (Lipinski definition) is 3. The minimum absolute atomic E-state index is 0.468. The molecule has 0 amide bonds. The number of aromatic nitrogens is 2. The molecule has 2 atom stereocenters. The van der Waals surface area contributed by atoms with Crippen LogP contribution in [0.1, 0.15) is 33.1 Å². The fraction of sp³-hybridized carbons (Fsp3) is 0.500. The first-order valence-electron chi connectivity index (χ1n) is 7.54. The summed E-state index contributed by atoms with van der Waals surface area (Å²) in [5.41, 5.74) is 1.06. The number of anilines is 1. The van der Waals surface area contributed by atoms with Gasteiger partial charge >= 0.3 is 11.1 Å². The number of rotatable bonds is 2. The molecule has 1 aromatic carbocycles.